The molecule has 0 spiro atoms. The predicted octanol–water partition coefficient (Wildman–Crippen LogP) is 2.87. The molecule has 1 aliphatic rings. The fourth-order valence-corrected chi connectivity index (χ4v) is 2.69. The Hall–Kier alpha value is -1.62. The first-order valence-electron chi connectivity index (χ1n) is 8.16. The van der Waals surface area contributed by atoms with Crippen molar-refractivity contribution in [3.05, 3.63) is 23.3 Å². The van der Waals surface area contributed by atoms with E-state index >= 15 is 0 Å². The number of ether oxygens (including phenoxy) is 1. The number of allylic oxidation sites excluding steroid dienone is 4. The van der Waals surface area contributed by atoms with Gasteiger partial charge in [-0.05, 0) is 53.6 Å². The number of carbonyl (C=O) groups is 2. The number of carbonyl (C=O) groups excluding carboxylic acids is 1. The Morgan fingerprint density at radius 3 is 2.57 bits per heavy atom. The van der Waals surface area contributed by atoms with Gasteiger partial charge in [0.25, 0.3) is 0 Å². The molecule has 0 unspecified atom stereocenters. The third kappa shape index (κ3) is 6.99. The van der Waals surface area contributed by atoms with Crippen LogP contribution in [0.5, 0.6) is 0 Å². The first kappa shape index (κ1) is 19.4. The van der Waals surface area contributed by atoms with Crippen molar-refractivity contribution in [2.45, 2.75) is 39.5 Å². The Morgan fingerprint density at radius 2 is 2.00 bits per heavy atom. The van der Waals surface area contributed by atoms with Crippen LogP contribution in [0, 0.1) is 11.8 Å². The molecule has 1 saturated carbocycles. The van der Waals surface area contributed by atoms with E-state index in [0.29, 0.717) is 26.0 Å². The summed E-state index contributed by atoms with van der Waals surface area (Å²) in [4.78, 5) is 25.6. The average Bonchev–Trinajstić information content (AvgIpc) is 2.46. The summed E-state index contributed by atoms with van der Waals surface area (Å²) in [7, 11) is 3.80. The summed E-state index contributed by atoms with van der Waals surface area (Å²) in [5, 5.41) is 9.36. The Kier molecular flexibility index (Phi) is 8.03. The summed E-state index contributed by atoms with van der Waals surface area (Å²) < 4.78 is 5.28. The number of rotatable bonds is 7. The van der Waals surface area contributed by atoms with Gasteiger partial charge in [-0.1, -0.05) is 23.3 Å². The van der Waals surface area contributed by atoms with E-state index in [1.54, 1.807) is 0 Å². The summed E-state index contributed by atoms with van der Waals surface area (Å²) in [5.74, 6) is -2.49. The molecule has 5 heteroatoms. The van der Waals surface area contributed by atoms with E-state index in [0.717, 1.165) is 18.4 Å². The Bertz CT molecular complexity index is 475. The Morgan fingerprint density at radius 1 is 1.30 bits per heavy atom. The maximum atomic E-state index is 12.3. The van der Waals surface area contributed by atoms with E-state index in [4.69, 9.17) is 4.74 Å². The molecule has 2 atom stereocenters. The van der Waals surface area contributed by atoms with Gasteiger partial charge in [0.05, 0.1) is 11.8 Å². The summed E-state index contributed by atoms with van der Waals surface area (Å²) in [6, 6.07) is 0. The zero-order valence-electron chi connectivity index (χ0n) is 14.7. The summed E-state index contributed by atoms with van der Waals surface area (Å²) in [6.45, 7) is 5.03. The molecule has 0 aromatic carbocycles. The molecular weight excluding hydrogens is 294 g/mol. The number of hydrogen-bond donors (Lipinski definition) is 1. The van der Waals surface area contributed by atoms with Gasteiger partial charge < -0.3 is 14.7 Å². The van der Waals surface area contributed by atoms with Crippen LogP contribution in [0.1, 0.15) is 39.5 Å². The minimum Gasteiger partial charge on any atom is -0.481 e. The van der Waals surface area contributed by atoms with E-state index < -0.39 is 17.8 Å². The number of hydrogen-bond acceptors (Lipinski definition) is 4. The van der Waals surface area contributed by atoms with Crippen molar-refractivity contribution in [1.29, 1.82) is 0 Å². The van der Waals surface area contributed by atoms with Gasteiger partial charge in [0.1, 0.15) is 6.61 Å². The van der Waals surface area contributed by atoms with E-state index in [1.807, 2.05) is 32.8 Å². The second kappa shape index (κ2) is 9.50. The molecule has 5 nitrogen and oxygen atoms in total. The highest BCUT2D eigenvalue weighted by Crippen LogP contribution is 2.35. The molecule has 1 fully saturated rings. The minimum atomic E-state index is -0.900. The molecule has 1 rings (SSSR count). The quantitative estimate of drug-likeness (QED) is 0.576. The van der Waals surface area contributed by atoms with Crippen LogP contribution in [0.4, 0.5) is 0 Å². The maximum Gasteiger partial charge on any atom is 0.310 e. The van der Waals surface area contributed by atoms with Gasteiger partial charge in [-0.25, -0.2) is 0 Å². The first-order chi connectivity index (χ1) is 10.8. The van der Waals surface area contributed by atoms with Crippen molar-refractivity contribution in [3.8, 4) is 0 Å². The van der Waals surface area contributed by atoms with Gasteiger partial charge in [0.15, 0.2) is 0 Å². The first-order valence-corrected chi connectivity index (χ1v) is 8.16. The third-order valence-electron chi connectivity index (χ3n) is 4.08. The number of esters is 1. The monoisotopic (exact) mass is 323 g/mol. The van der Waals surface area contributed by atoms with Crippen LogP contribution in [-0.2, 0) is 14.3 Å². The molecular formula is C18H29NO4. The van der Waals surface area contributed by atoms with Crippen molar-refractivity contribution in [2.75, 3.05) is 27.2 Å². The number of likely N-dealkylation sites (N-methyl/N-ethyl adjacent to an activating group) is 1. The van der Waals surface area contributed by atoms with Crippen LogP contribution < -0.4 is 0 Å². The van der Waals surface area contributed by atoms with Crippen LogP contribution in [0.3, 0.4) is 0 Å². The number of nitrogens with zero attached hydrogens (tertiary/aromatic N) is 1. The topological polar surface area (TPSA) is 66.8 Å². The lowest BCUT2D eigenvalue weighted by atomic mass is 9.76. The van der Waals surface area contributed by atoms with Crippen molar-refractivity contribution in [1.82, 2.24) is 4.90 Å². The standard InChI is InChI=1S/C18H29NO4/c1-13(2)6-5-7-14-8-9-15(17(20)21)16(12-14)18(22)23-11-10-19(3)4/h6-7,15-16H,5,8-12H2,1-4H3,(H,20,21)/b14-7+/t15-,16-/m0/s1. The third-order valence-corrected chi connectivity index (χ3v) is 4.08. The zero-order chi connectivity index (χ0) is 17.4. The molecule has 0 heterocycles. The highest BCUT2D eigenvalue weighted by atomic mass is 16.5. The predicted molar refractivity (Wildman–Crippen MR) is 90.1 cm³/mol. The molecule has 1 aliphatic carbocycles. The van der Waals surface area contributed by atoms with Crippen molar-refractivity contribution in [2.24, 2.45) is 11.8 Å². The van der Waals surface area contributed by atoms with Gasteiger partial charge in [-0.3, -0.25) is 9.59 Å². The van der Waals surface area contributed by atoms with Crippen molar-refractivity contribution >= 4 is 11.9 Å². The van der Waals surface area contributed by atoms with Gasteiger partial charge in [0.2, 0.25) is 0 Å². The molecule has 23 heavy (non-hydrogen) atoms. The molecule has 0 radical (unpaired) electrons. The molecule has 130 valence electrons. The fraction of sp³-hybridized carbons (Fsp3) is 0.667. The SMILES string of the molecule is CC(C)=CC/C=C1\CC[C@H](C(=O)O)[C@@H](C(=O)OCCN(C)C)C1. The highest BCUT2D eigenvalue weighted by molar-refractivity contribution is 5.81. The van der Waals surface area contributed by atoms with Crippen molar-refractivity contribution in [3.63, 3.8) is 0 Å². The molecule has 0 amide bonds. The molecule has 0 saturated heterocycles. The van der Waals surface area contributed by atoms with E-state index in [2.05, 4.69) is 12.2 Å². The van der Waals surface area contributed by atoms with E-state index in [-0.39, 0.29) is 5.97 Å². The van der Waals surface area contributed by atoms with Crippen molar-refractivity contribution < 1.29 is 19.4 Å². The average molecular weight is 323 g/mol. The van der Waals surface area contributed by atoms with E-state index in [1.165, 1.54) is 5.57 Å². The summed E-state index contributed by atoms with van der Waals surface area (Å²) in [6.07, 6.45) is 6.82. The number of carboxylic acid groups (broad SMARTS) is 1. The lowest BCUT2D eigenvalue weighted by molar-refractivity contribution is -0.159. The highest BCUT2D eigenvalue weighted by Gasteiger charge is 2.38. The Balaban J connectivity index is 2.70. The van der Waals surface area contributed by atoms with Gasteiger partial charge in [-0.2, -0.15) is 0 Å². The largest absolute Gasteiger partial charge is 0.481 e. The normalized spacial score (nSPS) is 22.9. The van der Waals surface area contributed by atoms with Gasteiger partial charge in [0, 0.05) is 6.54 Å². The number of carboxylic acids is 1. The molecule has 1 N–H and O–H groups in total. The molecule has 0 aromatic rings. The van der Waals surface area contributed by atoms with Crippen LogP contribution in [0.2, 0.25) is 0 Å². The second-order valence-corrected chi connectivity index (χ2v) is 6.64. The van der Waals surface area contributed by atoms with Crippen LogP contribution in [0.25, 0.3) is 0 Å². The zero-order valence-corrected chi connectivity index (χ0v) is 14.7. The molecule has 0 aliphatic heterocycles. The molecule has 0 aromatic heterocycles. The smallest absolute Gasteiger partial charge is 0.310 e. The maximum absolute atomic E-state index is 12.3. The molecule has 0 bridgehead atoms. The fourth-order valence-electron chi connectivity index (χ4n) is 2.69. The lowest BCUT2D eigenvalue weighted by Crippen LogP contribution is -2.35. The Labute approximate surface area is 139 Å². The summed E-state index contributed by atoms with van der Waals surface area (Å²) in [5.41, 5.74) is 2.41. The van der Waals surface area contributed by atoms with Gasteiger partial charge in [-0.15, -0.1) is 0 Å². The lowest BCUT2D eigenvalue weighted by Gasteiger charge is -2.29. The minimum absolute atomic E-state index is 0.297. The second-order valence-electron chi connectivity index (χ2n) is 6.64. The van der Waals surface area contributed by atoms with Crippen LogP contribution in [0.15, 0.2) is 23.3 Å². The van der Waals surface area contributed by atoms with E-state index in [9.17, 15) is 14.7 Å². The summed E-state index contributed by atoms with van der Waals surface area (Å²) >= 11 is 0. The van der Waals surface area contributed by atoms with Crippen LogP contribution in [-0.4, -0.2) is 49.2 Å². The number of aliphatic carboxylic acids is 1. The van der Waals surface area contributed by atoms with Gasteiger partial charge >= 0.3 is 11.9 Å². The van der Waals surface area contributed by atoms with Crippen LogP contribution >= 0.6 is 0 Å².